The van der Waals surface area contributed by atoms with Gasteiger partial charge in [0.1, 0.15) is 12.4 Å². The van der Waals surface area contributed by atoms with Crippen LogP contribution in [0.2, 0.25) is 0 Å². The molecule has 8 nitrogen and oxygen atoms in total. The van der Waals surface area contributed by atoms with E-state index in [4.69, 9.17) is 9.47 Å². The fourth-order valence-electron chi connectivity index (χ4n) is 5.13. The van der Waals surface area contributed by atoms with Crippen molar-refractivity contribution in [3.8, 4) is 5.75 Å². The molecule has 1 fully saturated rings. The number of benzene rings is 1. The van der Waals surface area contributed by atoms with Crippen LogP contribution in [0.3, 0.4) is 0 Å². The summed E-state index contributed by atoms with van der Waals surface area (Å²) < 4.78 is 13.6. The van der Waals surface area contributed by atoms with E-state index in [0.717, 1.165) is 45.2 Å². The van der Waals surface area contributed by atoms with E-state index in [2.05, 4.69) is 4.98 Å². The molecule has 1 aromatic carbocycles. The van der Waals surface area contributed by atoms with Crippen molar-refractivity contribution in [2.24, 2.45) is 5.41 Å². The Labute approximate surface area is 201 Å². The minimum Gasteiger partial charge on any atom is -0.491 e. The third-order valence-electron chi connectivity index (χ3n) is 7.18. The Hall–Kier alpha value is -2.87. The van der Waals surface area contributed by atoms with Crippen LogP contribution >= 0.6 is 0 Å². The smallest absolute Gasteiger partial charge is 0.257 e. The lowest BCUT2D eigenvalue weighted by atomic mass is 9.75. The standard InChI is InChI=1S/C26H36N4O4/c1-33-20-26-9-4-5-13-29(24(31)8-14-28-17-12-27-21-28)18-19-34-23-7-3-2-6-22(23)25(32)30(15-10-26)16-11-26/h2-3,6-7,12,17,21H,4-5,8-11,13-16,18-20H2,1H3. The Bertz CT molecular complexity index is 938. The van der Waals surface area contributed by atoms with Gasteiger partial charge < -0.3 is 23.8 Å². The number of rotatable bonds is 5. The van der Waals surface area contributed by atoms with Crippen LogP contribution in [0, 0.1) is 5.41 Å². The molecule has 2 aromatic rings. The van der Waals surface area contributed by atoms with Gasteiger partial charge in [-0.15, -0.1) is 0 Å². The molecule has 0 unspecified atom stereocenters. The zero-order valence-corrected chi connectivity index (χ0v) is 20.2. The van der Waals surface area contributed by atoms with Crippen molar-refractivity contribution in [3.63, 3.8) is 0 Å². The fourth-order valence-corrected chi connectivity index (χ4v) is 5.13. The van der Waals surface area contributed by atoms with Gasteiger partial charge in [0.05, 0.1) is 25.0 Å². The van der Waals surface area contributed by atoms with Crippen molar-refractivity contribution in [2.45, 2.75) is 45.1 Å². The van der Waals surface area contributed by atoms with Crippen molar-refractivity contribution in [2.75, 3.05) is 46.5 Å². The minimum atomic E-state index is 0.0183. The van der Waals surface area contributed by atoms with Crippen LogP contribution in [-0.2, 0) is 16.1 Å². The van der Waals surface area contributed by atoms with Gasteiger partial charge in [-0.05, 0) is 43.2 Å². The van der Waals surface area contributed by atoms with Crippen LogP contribution in [0.15, 0.2) is 43.0 Å². The minimum absolute atomic E-state index is 0.0183. The number of ether oxygens (including phenoxy) is 2. The highest BCUT2D eigenvalue weighted by atomic mass is 16.5. The summed E-state index contributed by atoms with van der Waals surface area (Å²) in [4.78, 5) is 34.2. The van der Waals surface area contributed by atoms with E-state index in [0.29, 0.717) is 50.6 Å². The Morgan fingerprint density at radius 1 is 1.12 bits per heavy atom. The van der Waals surface area contributed by atoms with E-state index < -0.39 is 0 Å². The van der Waals surface area contributed by atoms with Crippen LogP contribution in [0.1, 0.15) is 48.9 Å². The molecule has 5 rings (SSSR count). The second kappa shape index (κ2) is 11.5. The molecule has 2 bridgehead atoms. The van der Waals surface area contributed by atoms with E-state index in [1.807, 2.05) is 44.8 Å². The SMILES string of the molecule is COCC12CCCCN(C(=O)CCn3ccnc3)CCOc3ccccc3C(=O)N(CC1)CC2. The predicted molar refractivity (Wildman–Crippen MR) is 129 cm³/mol. The Kier molecular flexibility index (Phi) is 8.21. The maximum Gasteiger partial charge on any atom is 0.257 e. The second-order valence-electron chi connectivity index (χ2n) is 9.46. The Morgan fingerprint density at radius 3 is 2.71 bits per heavy atom. The third-order valence-corrected chi connectivity index (χ3v) is 7.18. The monoisotopic (exact) mass is 468 g/mol. The molecule has 1 aromatic heterocycles. The quantitative estimate of drug-likeness (QED) is 0.673. The molecule has 0 spiro atoms. The van der Waals surface area contributed by atoms with Crippen LogP contribution in [-0.4, -0.2) is 77.7 Å². The summed E-state index contributed by atoms with van der Waals surface area (Å²) in [5, 5.41) is 0. The third kappa shape index (κ3) is 5.97. The Morgan fingerprint density at radius 2 is 1.94 bits per heavy atom. The van der Waals surface area contributed by atoms with E-state index in [9.17, 15) is 9.59 Å². The number of aromatic nitrogens is 2. The molecule has 0 aliphatic carbocycles. The number of hydrogen-bond donors (Lipinski definition) is 0. The van der Waals surface area contributed by atoms with E-state index in [1.54, 1.807) is 19.6 Å². The second-order valence-corrected chi connectivity index (χ2v) is 9.46. The number of carbonyl (C=O) groups excluding carboxylic acids is 2. The van der Waals surface area contributed by atoms with Crippen molar-refractivity contribution < 1.29 is 19.1 Å². The number of amides is 2. The van der Waals surface area contributed by atoms with Crippen LogP contribution in [0.25, 0.3) is 0 Å². The van der Waals surface area contributed by atoms with Crippen molar-refractivity contribution in [3.05, 3.63) is 48.5 Å². The van der Waals surface area contributed by atoms with E-state index in [-0.39, 0.29) is 17.2 Å². The number of para-hydroxylation sites is 1. The summed E-state index contributed by atoms with van der Waals surface area (Å²) in [5.41, 5.74) is 0.687. The first-order chi connectivity index (χ1) is 16.6. The number of imidazole rings is 1. The van der Waals surface area contributed by atoms with E-state index in [1.165, 1.54) is 0 Å². The number of nitrogens with zero attached hydrogens (tertiary/aromatic N) is 4. The van der Waals surface area contributed by atoms with Gasteiger partial charge in [-0.25, -0.2) is 4.98 Å². The van der Waals surface area contributed by atoms with Gasteiger partial charge in [0, 0.05) is 52.1 Å². The maximum absolute atomic E-state index is 13.3. The van der Waals surface area contributed by atoms with Crippen molar-refractivity contribution in [1.29, 1.82) is 0 Å². The molecular weight excluding hydrogens is 432 g/mol. The average molecular weight is 469 g/mol. The molecule has 8 heteroatoms. The number of piperidine rings is 1. The number of hydrogen-bond acceptors (Lipinski definition) is 5. The predicted octanol–water partition coefficient (Wildman–Crippen LogP) is 3.23. The summed E-state index contributed by atoms with van der Waals surface area (Å²) in [7, 11) is 1.76. The van der Waals surface area contributed by atoms with Crippen molar-refractivity contribution in [1.82, 2.24) is 19.4 Å². The highest BCUT2D eigenvalue weighted by molar-refractivity contribution is 5.97. The lowest BCUT2D eigenvalue weighted by Crippen LogP contribution is -2.45. The van der Waals surface area contributed by atoms with Gasteiger partial charge in [-0.2, -0.15) is 0 Å². The van der Waals surface area contributed by atoms with Gasteiger partial charge in [-0.3, -0.25) is 9.59 Å². The van der Waals surface area contributed by atoms with Gasteiger partial charge in [0.2, 0.25) is 5.91 Å². The van der Waals surface area contributed by atoms with Gasteiger partial charge in [0.15, 0.2) is 0 Å². The van der Waals surface area contributed by atoms with Gasteiger partial charge in [0.25, 0.3) is 5.91 Å². The van der Waals surface area contributed by atoms with Gasteiger partial charge >= 0.3 is 0 Å². The average Bonchev–Trinajstić information content (AvgIpc) is 3.38. The molecular formula is C26H36N4O4. The zero-order valence-electron chi connectivity index (χ0n) is 20.2. The van der Waals surface area contributed by atoms with Crippen LogP contribution in [0.4, 0.5) is 0 Å². The topological polar surface area (TPSA) is 76.9 Å². The molecule has 3 aliphatic heterocycles. The lowest BCUT2D eigenvalue weighted by molar-refractivity contribution is -0.132. The molecule has 4 heterocycles. The number of fused-ring (bicyclic) bond motifs is 9. The van der Waals surface area contributed by atoms with Gasteiger partial charge in [-0.1, -0.05) is 18.6 Å². The summed E-state index contributed by atoms with van der Waals surface area (Å²) >= 11 is 0. The summed E-state index contributed by atoms with van der Waals surface area (Å²) in [6.45, 7) is 4.35. The molecule has 3 aliphatic rings. The molecule has 0 N–H and O–H groups in total. The summed E-state index contributed by atoms with van der Waals surface area (Å²) in [6.07, 6.45) is 10.6. The highest BCUT2D eigenvalue weighted by Gasteiger charge is 2.36. The zero-order chi connectivity index (χ0) is 23.8. The molecule has 184 valence electrons. The number of carbonyl (C=O) groups is 2. The molecule has 2 amide bonds. The van der Waals surface area contributed by atoms with Crippen LogP contribution in [0.5, 0.6) is 5.75 Å². The lowest BCUT2D eigenvalue weighted by Gasteiger charge is -2.41. The fraction of sp³-hybridized carbons (Fsp3) is 0.577. The maximum atomic E-state index is 13.3. The molecule has 1 saturated heterocycles. The molecule has 0 saturated carbocycles. The normalized spacial score (nSPS) is 19.1. The van der Waals surface area contributed by atoms with E-state index >= 15 is 0 Å². The largest absolute Gasteiger partial charge is 0.491 e. The molecule has 34 heavy (non-hydrogen) atoms. The Balaban J connectivity index is 1.49. The molecule has 0 radical (unpaired) electrons. The summed E-state index contributed by atoms with van der Waals surface area (Å²) in [5.74, 6) is 0.719. The first kappa shape index (κ1) is 24.3. The van der Waals surface area contributed by atoms with Crippen molar-refractivity contribution >= 4 is 11.8 Å². The number of methoxy groups -OCH3 is 1. The van der Waals surface area contributed by atoms with Crippen LogP contribution < -0.4 is 4.74 Å². The highest BCUT2D eigenvalue weighted by Crippen LogP contribution is 2.38. The summed E-state index contributed by atoms with van der Waals surface area (Å²) in [6, 6.07) is 7.43. The first-order valence-electron chi connectivity index (χ1n) is 12.3. The molecule has 0 atom stereocenters. The first-order valence-corrected chi connectivity index (χ1v) is 12.3. The number of aryl methyl sites for hydroxylation is 1.